The molecule has 2 saturated carbocycles. The summed E-state index contributed by atoms with van der Waals surface area (Å²) >= 11 is 1.62. The summed E-state index contributed by atoms with van der Waals surface area (Å²) in [4.78, 5) is 27.0. The molecule has 5 rings (SSSR count). The van der Waals surface area contributed by atoms with Gasteiger partial charge in [0.1, 0.15) is 11.3 Å². The number of rotatable bonds is 9. The first-order valence-corrected chi connectivity index (χ1v) is 12.1. The van der Waals surface area contributed by atoms with Crippen molar-refractivity contribution in [3.8, 4) is 0 Å². The second-order valence-corrected chi connectivity index (χ2v) is 9.97. The van der Waals surface area contributed by atoms with Crippen LogP contribution in [-0.2, 0) is 17.6 Å². The molecule has 0 spiro atoms. The molecule has 0 saturated heterocycles. The van der Waals surface area contributed by atoms with Crippen molar-refractivity contribution in [1.29, 1.82) is 0 Å². The van der Waals surface area contributed by atoms with Crippen LogP contribution in [0.1, 0.15) is 78.7 Å². The molecule has 0 aromatic carbocycles. The summed E-state index contributed by atoms with van der Waals surface area (Å²) in [5, 5.41) is 15.5. The Bertz CT molecular complexity index is 957. The summed E-state index contributed by atoms with van der Waals surface area (Å²) in [7, 11) is 0. The monoisotopic (exact) mass is 427 g/mol. The maximum atomic E-state index is 13.3. The van der Waals surface area contributed by atoms with Crippen molar-refractivity contribution < 1.29 is 9.59 Å². The van der Waals surface area contributed by atoms with E-state index in [9.17, 15) is 9.59 Å². The number of thiophene rings is 1. The maximum Gasteiger partial charge on any atom is 0.228 e. The molecule has 8 heteroatoms. The van der Waals surface area contributed by atoms with Crippen LogP contribution >= 0.6 is 11.3 Å². The number of aromatic nitrogens is 3. The Morgan fingerprint density at radius 1 is 1.23 bits per heavy atom. The van der Waals surface area contributed by atoms with E-state index in [1.54, 1.807) is 17.7 Å². The van der Waals surface area contributed by atoms with Gasteiger partial charge in [-0.2, -0.15) is 0 Å². The van der Waals surface area contributed by atoms with E-state index in [0.717, 1.165) is 73.1 Å². The van der Waals surface area contributed by atoms with Gasteiger partial charge in [0.25, 0.3) is 0 Å². The predicted molar refractivity (Wildman–Crippen MR) is 117 cm³/mol. The molecule has 3 aliphatic rings. The van der Waals surface area contributed by atoms with Crippen molar-refractivity contribution in [2.24, 2.45) is 11.8 Å². The van der Waals surface area contributed by atoms with Gasteiger partial charge in [-0.1, -0.05) is 12.8 Å². The molecular formula is C22H29N5O2S. The number of nitrogens with zero attached hydrogens (tertiary/aromatic N) is 3. The third-order valence-electron chi connectivity index (χ3n) is 6.48. The molecular weight excluding hydrogens is 398 g/mol. The molecule has 3 aliphatic carbocycles. The van der Waals surface area contributed by atoms with Gasteiger partial charge in [0.05, 0.1) is 5.56 Å². The highest BCUT2D eigenvalue weighted by molar-refractivity contribution is 7.17. The van der Waals surface area contributed by atoms with Crippen molar-refractivity contribution in [3.05, 3.63) is 22.3 Å². The molecule has 160 valence electrons. The molecule has 1 amide bonds. The second-order valence-electron chi connectivity index (χ2n) is 8.87. The fraction of sp³-hybridized carbons (Fsp3) is 0.636. The van der Waals surface area contributed by atoms with E-state index in [4.69, 9.17) is 0 Å². The molecule has 2 fully saturated rings. The Morgan fingerprint density at radius 2 is 2.07 bits per heavy atom. The highest BCUT2D eigenvalue weighted by atomic mass is 32.1. The smallest absolute Gasteiger partial charge is 0.228 e. The Hall–Kier alpha value is -2.22. The zero-order valence-electron chi connectivity index (χ0n) is 17.4. The van der Waals surface area contributed by atoms with Gasteiger partial charge in [0.2, 0.25) is 11.9 Å². The number of fused-ring (bicyclic) bond motifs is 1. The van der Waals surface area contributed by atoms with Crippen molar-refractivity contribution in [3.63, 3.8) is 0 Å². The molecule has 2 aromatic heterocycles. The van der Waals surface area contributed by atoms with E-state index in [-0.39, 0.29) is 23.7 Å². The number of hydrogen-bond acceptors (Lipinski definition) is 6. The van der Waals surface area contributed by atoms with E-state index in [1.807, 2.05) is 6.92 Å². The van der Waals surface area contributed by atoms with Crippen molar-refractivity contribution in [1.82, 2.24) is 14.8 Å². The van der Waals surface area contributed by atoms with Crippen LogP contribution in [0.3, 0.4) is 0 Å². The van der Waals surface area contributed by atoms with Gasteiger partial charge in [0.15, 0.2) is 5.78 Å². The van der Waals surface area contributed by atoms with Crippen LogP contribution in [0, 0.1) is 11.8 Å². The van der Waals surface area contributed by atoms with E-state index in [2.05, 4.69) is 25.4 Å². The zero-order valence-corrected chi connectivity index (χ0v) is 18.3. The van der Waals surface area contributed by atoms with Crippen LogP contribution < -0.4 is 10.6 Å². The number of Topliss-reactive ketones (excluding diaryl/α,β-unsaturated/α-hetero) is 1. The van der Waals surface area contributed by atoms with Gasteiger partial charge in [-0.3, -0.25) is 14.2 Å². The molecule has 2 aromatic rings. The lowest BCUT2D eigenvalue weighted by molar-refractivity contribution is -0.117. The first kappa shape index (κ1) is 19.7. The normalized spacial score (nSPS) is 20.6. The summed E-state index contributed by atoms with van der Waals surface area (Å²) < 4.78 is 2.10. The van der Waals surface area contributed by atoms with E-state index >= 15 is 0 Å². The summed E-state index contributed by atoms with van der Waals surface area (Å²) in [6, 6.07) is 0.220. The minimum absolute atomic E-state index is 0.0784. The summed E-state index contributed by atoms with van der Waals surface area (Å²) in [6.45, 7) is 2.83. The van der Waals surface area contributed by atoms with Gasteiger partial charge in [-0.05, 0) is 56.9 Å². The van der Waals surface area contributed by atoms with E-state index < -0.39 is 0 Å². The van der Waals surface area contributed by atoms with Gasteiger partial charge in [0, 0.05) is 29.8 Å². The van der Waals surface area contributed by atoms with Gasteiger partial charge in [-0.25, -0.2) is 0 Å². The number of ketones is 1. The molecule has 0 unspecified atom stereocenters. The number of nitrogens with one attached hydrogen (secondary N) is 2. The van der Waals surface area contributed by atoms with Crippen LogP contribution in [0.5, 0.6) is 0 Å². The SMILES string of the molecule is CCNc1nncn1[C@H]1CCc2sc(NC(=O)C3CC3)c(C(=O)CCC3CC3)c2C1. The lowest BCUT2D eigenvalue weighted by Gasteiger charge is -2.25. The fourth-order valence-electron chi connectivity index (χ4n) is 4.41. The Labute approximate surface area is 180 Å². The van der Waals surface area contributed by atoms with E-state index in [1.165, 1.54) is 17.7 Å². The van der Waals surface area contributed by atoms with Crippen LogP contribution in [-0.4, -0.2) is 33.0 Å². The summed E-state index contributed by atoms with van der Waals surface area (Å²) in [6.07, 6.45) is 10.4. The standard InChI is InChI=1S/C22H29N5O2S/c1-2-23-22-26-24-12-27(22)15-8-10-18-16(11-15)19(17(28)9-5-13-3-4-13)21(30-18)25-20(29)14-6-7-14/h12-15H,2-11H2,1H3,(H,23,26)(H,25,29)/t15-/m0/s1. The minimum atomic E-state index is 0.0784. The summed E-state index contributed by atoms with van der Waals surface area (Å²) in [5.74, 6) is 1.91. The number of anilines is 2. The largest absolute Gasteiger partial charge is 0.355 e. The van der Waals surface area contributed by atoms with Gasteiger partial charge in [-0.15, -0.1) is 21.5 Å². The lowest BCUT2D eigenvalue weighted by atomic mass is 9.89. The Balaban J connectivity index is 1.43. The third-order valence-corrected chi connectivity index (χ3v) is 7.68. The number of amides is 1. The van der Waals surface area contributed by atoms with Crippen molar-refractivity contribution >= 4 is 34.0 Å². The van der Waals surface area contributed by atoms with Crippen molar-refractivity contribution in [2.75, 3.05) is 17.2 Å². The second kappa shape index (κ2) is 8.13. The predicted octanol–water partition coefficient (Wildman–Crippen LogP) is 4.22. The molecule has 0 bridgehead atoms. The van der Waals surface area contributed by atoms with E-state index in [0.29, 0.717) is 6.42 Å². The molecule has 7 nitrogen and oxygen atoms in total. The first-order chi connectivity index (χ1) is 14.6. The molecule has 2 heterocycles. The maximum absolute atomic E-state index is 13.3. The highest BCUT2D eigenvalue weighted by Crippen LogP contribution is 2.43. The topological polar surface area (TPSA) is 88.9 Å². The number of aryl methyl sites for hydroxylation is 1. The number of carbonyl (C=O) groups excluding carboxylic acids is 2. The zero-order chi connectivity index (χ0) is 20.7. The molecule has 2 N–H and O–H groups in total. The first-order valence-electron chi connectivity index (χ1n) is 11.3. The fourth-order valence-corrected chi connectivity index (χ4v) is 5.67. The van der Waals surface area contributed by atoms with Crippen molar-refractivity contribution in [2.45, 2.75) is 70.8 Å². The van der Waals surface area contributed by atoms with Gasteiger partial charge < -0.3 is 10.6 Å². The number of hydrogen-bond donors (Lipinski definition) is 2. The average molecular weight is 428 g/mol. The van der Waals surface area contributed by atoms with Crippen LogP contribution in [0.4, 0.5) is 10.9 Å². The van der Waals surface area contributed by atoms with Crippen LogP contribution in [0.25, 0.3) is 0 Å². The highest BCUT2D eigenvalue weighted by Gasteiger charge is 2.34. The third kappa shape index (κ3) is 4.02. The molecule has 0 radical (unpaired) electrons. The van der Waals surface area contributed by atoms with Crippen LogP contribution in [0.2, 0.25) is 0 Å². The lowest BCUT2D eigenvalue weighted by Crippen LogP contribution is -2.21. The minimum Gasteiger partial charge on any atom is -0.355 e. The quantitative estimate of drug-likeness (QED) is 0.585. The van der Waals surface area contributed by atoms with Gasteiger partial charge >= 0.3 is 0 Å². The molecule has 0 aliphatic heterocycles. The van der Waals surface area contributed by atoms with Crippen LogP contribution in [0.15, 0.2) is 6.33 Å². The molecule has 1 atom stereocenters. The Kier molecular flexibility index (Phi) is 5.35. The Morgan fingerprint density at radius 3 is 2.80 bits per heavy atom. The average Bonchev–Trinajstić information content (AvgIpc) is 3.66. The number of carbonyl (C=O) groups is 2. The molecule has 30 heavy (non-hydrogen) atoms. The summed E-state index contributed by atoms with van der Waals surface area (Å²) in [5.41, 5.74) is 1.92.